The van der Waals surface area contributed by atoms with Crippen molar-refractivity contribution in [1.82, 2.24) is 14.8 Å². The molecular formula is C16H25N3O2. The molecule has 2 fully saturated rings. The fourth-order valence-corrected chi connectivity index (χ4v) is 4.04. The topological polar surface area (TPSA) is 57.0 Å². The third-order valence-corrected chi connectivity index (χ3v) is 5.17. The number of carbonyl (C=O) groups is 1. The summed E-state index contributed by atoms with van der Waals surface area (Å²) >= 11 is 0. The molecule has 0 radical (unpaired) electrons. The van der Waals surface area contributed by atoms with Crippen LogP contribution in [0.2, 0.25) is 0 Å². The summed E-state index contributed by atoms with van der Waals surface area (Å²) < 4.78 is 7.24. The van der Waals surface area contributed by atoms with Crippen LogP contribution < -0.4 is 0 Å². The zero-order chi connectivity index (χ0) is 14.7. The van der Waals surface area contributed by atoms with Gasteiger partial charge in [-0.05, 0) is 31.6 Å². The second kappa shape index (κ2) is 6.58. The van der Waals surface area contributed by atoms with Crippen molar-refractivity contribution in [2.75, 3.05) is 7.11 Å². The fourth-order valence-electron chi connectivity index (χ4n) is 4.04. The maximum atomic E-state index is 12.3. The maximum Gasteiger partial charge on any atom is 0.316 e. The molecule has 0 amide bonds. The predicted octanol–water partition coefficient (Wildman–Crippen LogP) is 3.23. The Morgan fingerprint density at radius 1 is 1.19 bits per heavy atom. The largest absolute Gasteiger partial charge is 0.468 e. The average Bonchev–Trinajstić information content (AvgIpc) is 3.20. The van der Waals surface area contributed by atoms with Crippen LogP contribution in [0, 0.1) is 5.92 Å². The summed E-state index contributed by atoms with van der Waals surface area (Å²) in [6, 6.07) is 0.456. The average molecular weight is 291 g/mol. The Balaban J connectivity index is 1.88. The molecule has 1 aromatic rings. The van der Waals surface area contributed by atoms with Gasteiger partial charge in [0.1, 0.15) is 18.1 Å². The number of nitrogens with zero attached hydrogens (tertiary/aromatic N) is 3. The molecule has 1 heterocycles. The van der Waals surface area contributed by atoms with Gasteiger partial charge >= 0.3 is 5.97 Å². The highest BCUT2D eigenvalue weighted by Gasteiger charge is 2.37. The van der Waals surface area contributed by atoms with Crippen molar-refractivity contribution < 1.29 is 9.53 Å². The molecule has 2 aliphatic carbocycles. The summed E-state index contributed by atoms with van der Waals surface area (Å²) in [4.78, 5) is 12.3. The van der Waals surface area contributed by atoms with Gasteiger partial charge in [-0.1, -0.05) is 32.1 Å². The van der Waals surface area contributed by atoms with E-state index in [-0.39, 0.29) is 11.9 Å². The molecule has 5 heteroatoms. The molecule has 2 aliphatic rings. The molecule has 2 saturated carbocycles. The number of methoxy groups -OCH3 is 1. The first-order valence-corrected chi connectivity index (χ1v) is 8.28. The van der Waals surface area contributed by atoms with Crippen LogP contribution in [0.3, 0.4) is 0 Å². The Bertz CT molecular complexity index is 474. The van der Waals surface area contributed by atoms with Crippen molar-refractivity contribution in [1.29, 1.82) is 0 Å². The molecule has 0 N–H and O–H groups in total. The van der Waals surface area contributed by atoms with E-state index in [0.717, 1.165) is 18.7 Å². The van der Waals surface area contributed by atoms with Crippen LogP contribution in [0.5, 0.6) is 0 Å². The van der Waals surface area contributed by atoms with E-state index in [2.05, 4.69) is 14.8 Å². The normalized spacial score (nSPS) is 22.3. The van der Waals surface area contributed by atoms with E-state index >= 15 is 0 Å². The molecule has 0 aromatic carbocycles. The highest BCUT2D eigenvalue weighted by atomic mass is 16.5. The van der Waals surface area contributed by atoms with Crippen LogP contribution in [-0.4, -0.2) is 27.8 Å². The SMILES string of the molecule is COC(=O)C(c1nncn1C1CCCCC1)C1CCCC1. The highest BCUT2D eigenvalue weighted by molar-refractivity contribution is 5.77. The van der Waals surface area contributed by atoms with Crippen molar-refractivity contribution in [2.45, 2.75) is 69.7 Å². The Morgan fingerprint density at radius 2 is 1.86 bits per heavy atom. The molecule has 5 nitrogen and oxygen atoms in total. The molecule has 1 unspecified atom stereocenters. The number of hydrogen-bond acceptors (Lipinski definition) is 4. The van der Waals surface area contributed by atoms with Gasteiger partial charge in [-0.15, -0.1) is 10.2 Å². The van der Waals surface area contributed by atoms with Crippen molar-refractivity contribution in [2.24, 2.45) is 5.92 Å². The third kappa shape index (κ3) is 2.97. The Labute approximate surface area is 126 Å². The minimum Gasteiger partial charge on any atom is -0.468 e. The van der Waals surface area contributed by atoms with Crippen molar-refractivity contribution in [3.05, 3.63) is 12.2 Å². The number of esters is 1. The summed E-state index contributed by atoms with van der Waals surface area (Å²) in [5.41, 5.74) is 0. The van der Waals surface area contributed by atoms with E-state index in [1.54, 1.807) is 0 Å². The lowest BCUT2D eigenvalue weighted by molar-refractivity contribution is -0.144. The standard InChI is InChI=1S/C16H25N3O2/c1-21-16(20)14(12-7-5-6-8-12)15-18-17-11-19(15)13-9-3-2-4-10-13/h11-14H,2-10H2,1H3. The molecule has 1 atom stereocenters. The van der Waals surface area contributed by atoms with Crippen LogP contribution in [0.25, 0.3) is 0 Å². The van der Waals surface area contributed by atoms with E-state index in [1.807, 2.05) is 6.33 Å². The van der Waals surface area contributed by atoms with Crippen LogP contribution in [0.1, 0.15) is 75.6 Å². The van der Waals surface area contributed by atoms with Crippen LogP contribution in [0.4, 0.5) is 0 Å². The summed E-state index contributed by atoms with van der Waals surface area (Å²) in [5.74, 6) is 0.818. The maximum absolute atomic E-state index is 12.3. The fraction of sp³-hybridized carbons (Fsp3) is 0.812. The zero-order valence-electron chi connectivity index (χ0n) is 12.8. The first kappa shape index (κ1) is 14.5. The van der Waals surface area contributed by atoms with Crippen LogP contribution in [-0.2, 0) is 9.53 Å². The van der Waals surface area contributed by atoms with E-state index in [0.29, 0.717) is 12.0 Å². The smallest absolute Gasteiger partial charge is 0.316 e. The summed E-state index contributed by atoms with van der Waals surface area (Å²) in [7, 11) is 1.48. The molecular weight excluding hydrogens is 266 g/mol. The number of hydrogen-bond donors (Lipinski definition) is 0. The van der Waals surface area contributed by atoms with Gasteiger partial charge in [0, 0.05) is 6.04 Å². The minimum absolute atomic E-state index is 0.146. The van der Waals surface area contributed by atoms with Crippen molar-refractivity contribution in [3.8, 4) is 0 Å². The first-order valence-electron chi connectivity index (χ1n) is 8.28. The van der Waals surface area contributed by atoms with Gasteiger partial charge < -0.3 is 9.30 Å². The van der Waals surface area contributed by atoms with Crippen molar-refractivity contribution >= 4 is 5.97 Å². The van der Waals surface area contributed by atoms with E-state index in [9.17, 15) is 4.79 Å². The molecule has 3 rings (SSSR count). The quantitative estimate of drug-likeness (QED) is 0.799. The number of ether oxygens (including phenoxy) is 1. The second-order valence-electron chi connectivity index (χ2n) is 6.43. The van der Waals surface area contributed by atoms with Crippen LogP contribution in [0.15, 0.2) is 6.33 Å². The van der Waals surface area contributed by atoms with Gasteiger partial charge in [0.05, 0.1) is 7.11 Å². The Hall–Kier alpha value is -1.39. The molecule has 0 spiro atoms. The van der Waals surface area contributed by atoms with Gasteiger partial charge in [0.15, 0.2) is 0 Å². The van der Waals surface area contributed by atoms with Crippen molar-refractivity contribution in [3.63, 3.8) is 0 Å². The molecule has 0 saturated heterocycles. The summed E-state index contributed by atoms with van der Waals surface area (Å²) in [6.45, 7) is 0. The van der Waals surface area contributed by atoms with Crippen LogP contribution >= 0.6 is 0 Å². The lowest BCUT2D eigenvalue weighted by atomic mass is 9.89. The minimum atomic E-state index is -0.234. The molecule has 1 aromatic heterocycles. The van der Waals surface area contributed by atoms with Gasteiger partial charge in [-0.2, -0.15) is 0 Å². The van der Waals surface area contributed by atoms with Gasteiger partial charge in [-0.3, -0.25) is 4.79 Å². The number of aromatic nitrogens is 3. The van der Waals surface area contributed by atoms with E-state index in [4.69, 9.17) is 4.74 Å². The lowest BCUT2D eigenvalue weighted by Crippen LogP contribution is -2.27. The number of carbonyl (C=O) groups excluding carboxylic acids is 1. The predicted molar refractivity (Wildman–Crippen MR) is 78.9 cm³/mol. The van der Waals surface area contributed by atoms with Gasteiger partial charge in [-0.25, -0.2) is 0 Å². The second-order valence-corrected chi connectivity index (χ2v) is 6.43. The zero-order valence-corrected chi connectivity index (χ0v) is 12.8. The first-order chi connectivity index (χ1) is 10.3. The lowest BCUT2D eigenvalue weighted by Gasteiger charge is -2.27. The monoisotopic (exact) mass is 291 g/mol. The summed E-state index contributed by atoms with van der Waals surface area (Å²) in [6.07, 6.45) is 12.6. The third-order valence-electron chi connectivity index (χ3n) is 5.17. The Kier molecular flexibility index (Phi) is 4.56. The number of rotatable bonds is 4. The Morgan fingerprint density at radius 3 is 2.52 bits per heavy atom. The molecule has 0 aliphatic heterocycles. The van der Waals surface area contributed by atoms with E-state index < -0.39 is 0 Å². The van der Waals surface area contributed by atoms with E-state index in [1.165, 1.54) is 52.1 Å². The van der Waals surface area contributed by atoms with Gasteiger partial charge in [0.2, 0.25) is 0 Å². The molecule has 116 valence electrons. The summed E-state index contributed by atoms with van der Waals surface area (Å²) in [5, 5.41) is 8.43. The van der Waals surface area contributed by atoms with Gasteiger partial charge in [0.25, 0.3) is 0 Å². The molecule has 21 heavy (non-hydrogen) atoms. The molecule has 0 bridgehead atoms. The highest BCUT2D eigenvalue weighted by Crippen LogP contribution is 2.39.